The molecule has 20 heavy (non-hydrogen) atoms. The van der Waals surface area contributed by atoms with E-state index >= 15 is 0 Å². The number of rotatable bonds is 4. The van der Waals surface area contributed by atoms with Crippen molar-refractivity contribution in [1.82, 2.24) is 4.90 Å². The van der Waals surface area contributed by atoms with Crippen LogP contribution in [0.5, 0.6) is 0 Å². The Morgan fingerprint density at radius 2 is 2.05 bits per heavy atom. The summed E-state index contributed by atoms with van der Waals surface area (Å²) in [6.45, 7) is 4.43. The van der Waals surface area contributed by atoms with Gasteiger partial charge in [-0.15, -0.1) is 6.58 Å². The Bertz CT molecular complexity index is 618. The minimum atomic E-state index is -0.183. The number of hydrogen-bond donors (Lipinski definition) is 0. The molecule has 0 aliphatic heterocycles. The highest BCUT2D eigenvalue weighted by molar-refractivity contribution is 5.91. The second-order valence-electron chi connectivity index (χ2n) is 4.12. The normalized spacial score (nSPS) is 9.40. The van der Waals surface area contributed by atoms with Gasteiger partial charge in [-0.2, -0.15) is 0 Å². The summed E-state index contributed by atoms with van der Waals surface area (Å²) in [4.78, 5) is 13.7. The van der Waals surface area contributed by atoms with Gasteiger partial charge < -0.3 is 9.32 Å². The molecule has 0 saturated heterocycles. The molecule has 1 heterocycles. The molecular weight excluding hydrogens is 250 g/mol. The quantitative estimate of drug-likeness (QED) is 0.629. The van der Waals surface area contributed by atoms with E-state index in [9.17, 15) is 4.79 Å². The van der Waals surface area contributed by atoms with E-state index < -0.39 is 0 Å². The third-order valence-corrected chi connectivity index (χ3v) is 2.65. The monoisotopic (exact) mass is 265 g/mol. The van der Waals surface area contributed by atoms with Gasteiger partial charge >= 0.3 is 0 Å². The van der Waals surface area contributed by atoms with Crippen LogP contribution < -0.4 is 0 Å². The highest BCUT2D eigenvalue weighted by Gasteiger charge is 2.15. The number of furan rings is 1. The molecule has 0 unspecified atom stereocenters. The van der Waals surface area contributed by atoms with Crippen LogP contribution in [-0.2, 0) is 0 Å². The molecule has 1 amide bonds. The first kappa shape index (κ1) is 13.7. The van der Waals surface area contributed by atoms with Crippen LogP contribution in [0.25, 0.3) is 0 Å². The second-order valence-corrected chi connectivity index (χ2v) is 4.12. The fourth-order valence-electron chi connectivity index (χ4n) is 1.69. The number of carbonyl (C=O) groups is 1. The van der Waals surface area contributed by atoms with Crippen LogP contribution >= 0.6 is 0 Å². The largest absolute Gasteiger partial charge is 0.459 e. The van der Waals surface area contributed by atoms with Gasteiger partial charge in [-0.25, -0.2) is 0 Å². The van der Waals surface area contributed by atoms with Gasteiger partial charge in [0, 0.05) is 12.1 Å². The van der Waals surface area contributed by atoms with E-state index in [1.54, 1.807) is 23.1 Å². The van der Waals surface area contributed by atoms with Crippen LogP contribution in [0.4, 0.5) is 0 Å². The Kier molecular flexibility index (Phi) is 4.80. The Balaban J connectivity index is 2.05. The molecule has 0 aliphatic rings. The average Bonchev–Trinajstić information content (AvgIpc) is 3.01. The van der Waals surface area contributed by atoms with Crippen LogP contribution in [0.2, 0.25) is 0 Å². The Hall–Kier alpha value is -2.73. The number of amides is 1. The van der Waals surface area contributed by atoms with Crippen molar-refractivity contribution in [2.75, 3.05) is 13.1 Å². The lowest BCUT2D eigenvalue weighted by Crippen LogP contribution is -2.31. The standard InChI is InChI=1S/C17H15NO2/c1-2-12-18(17(19)16-11-7-14-20-16)13-6-10-15-8-4-3-5-9-15/h2-5,7-9,11,14H,1,12-13H2. The van der Waals surface area contributed by atoms with Crippen LogP contribution in [0, 0.1) is 11.8 Å². The zero-order valence-electron chi connectivity index (χ0n) is 11.1. The predicted octanol–water partition coefficient (Wildman–Crippen LogP) is 2.96. The van der Waals surface area contributed by atoms with Crippen LogP contribution in [0.1, 0.15) is 16.1 Å². The van der Waals surface area contributed by atoms with Crippen molar-refractivity contribution in [3.05, 3.63) is 72.7 Å². The van der Waals surface area contributed by atoms with Crippen molar-refractivity contribution in [2.24, 2.45) is 0 Å². The maximum Gasteiger partial charge on any atom is 0.290 e. The molecule has 0 spiro atoms. The number of benzene rings is 1. The predicted molar refractivity (Wildman–Crippen MR) is 78.1 cm³/mol. The van der Waals surface area contributed by atoms with Crippen LogP contribution in [0.3, 0.4) is 0 Å². The van der Waals surface area contributed by atoms with Crippen molar-refractivity contribution in [1.29, 1.82) is 0 Å². The molecule has 0 saturated carbocycles. The van der Waals surface area contributed by atoms with Crippen molar-refractivity contribution in [3.63, 3.8) is 0 Å². The lowest BCUT2D eigenvalue weighted by atomic mass is 10.2. The highest BCUT2D eigenvalue weighted by Crippen LogP contribution is 2.05. The zero-order chi connectivity index (χ0) is 14.2. The maximum atomic E-state index is 12.2. The van der Waals surface area contributed by atoms with Gasteiger partial charge in [-0.1, -0.05) is 36.1 Å². The summed E-state index contributed by atoms with van der Waals surface area (Å²) in [5.74, 6) is 6.15. The molecule has 3 heteroatoms. The van der Waals surface area contributed by atoms with Gasteiger partial charge in [-0.3, -0.25) is 4.79 Å². The van der Waals surface area contributed by atoms with Crippen molar-refractivity contribution in [2.45, 2.75) is 0 Å². The minimum Gasteiger partial charge on any atom is -0.459 e. The lowest BCUT2D eigenvalue weighted by Gasteiger charge is -2.16. The van der Waals surface area contributed by atoms with E-state index in [0.717, 1.165) is 5.56 Å². The van der Waals surface area contributed by atoms with Crippen LogP contribution in [0.15, 0.2) is 65.8 Å². The van der Waals surface area contributed by atoms with Gasteiger partial charge in [-0.05, 0) is 24.3 Å². The summed E-state index contributed by atoms with van der Waals surface area (Å²) >= 11 is 0. The summed E-state index contributed by atoms with van der Waals surface area (Å²) in [6.07, 6.45) is 3.15. The van der Waals surface area contributed by atoms with E-state index in [-0.39, 0.29) is 5.91 Å². The highest BCUT2D eigenvalue weighted by atomic mass is 16.3. The molecule has 3 nitrogen and oxygen atoms in total. The molecule has 0 N–H and O–H groups in total. The lowest BCUT2D eigenvalue weighted by molar-refractivity contribution is 0.0762. The average molecular weight is 265 g/mol. The van der Waals surface area contributed by atoms with Crippen molar-refractivity contribution in [3.8, 4) is 11.8 Å². The van der Waals surface area contributed by atoms with Gasteiger partial charge in [0.15, 0.2) is 5.76 Å². The topological polar surface area (TPSA) is 33.5 Å². The van der Waals surface area contributed by atoms with Crippen molar-refractivity contribution < 1.29 is 9.21 Å². The molecule has 1 aromatic heterocycles. The summed E-state index contributed by atoms with van der Waals surface area (Å²) in [6, 6.07) is 13.0. The molecule has 0 bridgehead atoms. The Morgan fingerprint density at radius 3 is 2.70 bits per heavy atom. The van der Waals surface area contributed by atoms with Gasteiger partial charge in [0.2, 0.25) is 0 Å². The first-order chi connectivity index (χ1) is 9.81. The maximum absolute atomic E-state index is 12.2. The van der Waals surface area contributed by atoms with E-state index in [1.165, 1.54) is 6.26 Å². The number of hydrogen-bond acceptors (Lipinski definition) is 2. The summed E-state index contributed by atoms with van der Waals surface area (Å²) in [5.41, 5.74) is 0.927. The third-order valence-electron chi connectivity index (χ3n) is 2.65. The van der Waals surface area contributed by atoms with Crippen LogP contribution in [-0.4, -0.2) is 23.9 Å². The summed E-state index contributed by atoms with van der Waals surface area (Å²) < 4.78 is 5.11. The molecule has 0 fully saturated rings. The Morgan fingerprint density at radius 1 is 1.25 bits per heavy atom. The minimum absolute atomic E-state index is 0.183. The zero-order valence-corrected chi connectivity index (χ0v) is 11.1. The first-order valence-electron chi connectivity index (χ1n) is 6.29. The van der Waals surface area contributed by atoms with E-state index in [0.29, 0.717) is 18.8 Å². The first-order valence-corrected chi connectivity index (χ1v) is 6.29. The molecule has 1 aromatic carbocycles. The van der Waals surface area contributed by atoms with Gasteiger partial charge in [0.25, 0.3) is 5.91 Å². The molecule has 0 radical (unpaired) electrons. The van der Waals surface area contributed by atoms with Gasteiger partial charge in [0.1, 0.15) is 0 Å². The van der Waals surface area contributed by atoms with Crippen molar-refractivity contribution >= 4 is 5.91 Å². The fraction of sp³-hybridized carbons (Fsp3) is 0.118. The molecule has 2 rings (SSSR count). The molecule has 100 valence electrons. The van der Waals surface area contributed by atoms with E-state index in [2.05, 4.69) is 18.4 Å². The SMILES string of the molecule is C=CCN(CC#Cc1ccccc1)C(=O)c1ccco1. The third kappa shape index (κ3) is 3.63. The molecule has 0 aliphatic carbocycles. The number of nitrogens with zero attached hydrogens (tertiary/aromatic N) is 1. The molecule has 0 atom stereocenters. The molecule has 2 aromatic rings. The summed E-state index contributed by atoms with van der Waals surface area (Å²) in [5, 5.41) is 0. The molecular formula is C17H15NO2. The van der Waals surface area contributed by atoms with E-state index in [4.69, 9.17) is 4.42 Å². The summed E-state index contributed by atoms with van der Waals surface area (Å²) in [7, 11) is 0. The fourth-order valence-corrected chi connectivity index (χ4v) is 1.69. The van der Waals surface area contributed by atoms with Gasteiger partial charge in [0.05, 0.1) is 12.8 Å². The Labute approximate surface area is 118 Å². The number of carbonyl (C=O) groups excluding carboxylic acids is 1. The second kappa shape index (κ2) is 7.01. The smallest absolute Gasteiger partial charge is 0.290 e. The van der Waals surface area contributed by atoms with E-state index in [1.807, 2.05) is 30.3 Å².